The van der Waals surface area contributed by atoms with Crippen molar-refractivity contribution in [2.45, 2.75) is 26.2 Å². The SMILES string of the molecule is Cc1cc(N(C)C)nc(CC2CCN(S(C)(=O)=O)CC2)n1. The first-order valence-corrected chi connectivity index (χ1v) is 9.07. The second kappa shape index (κ2) is 6.27. The third-order valence-corrected chi connectivity index (χ3v) is 5.16. The maximum Gasteiger partial charge on any atom is 0.211 e. The van der Waals surface area contributed by atoms with E-state index in [9.17, 15) is 8.42 Å². The fourth-order valence-corrected chi connectivity index (χ4v) is 3.51. The first-order valence-electron chi connectivity index (χ1n) is 7.22. The number of aromatic nitrogens is 2. The Morgan fingerprint density at radius 3 is 2.43 bits per heavy atom. The van der Waals surface area contributed by atoms with Gasteiger partial charge in [-0.1, -0.05) is 0 Å². The van der Waals surface area contributed by atoms with E-state index in [0.29, 0.717) is 19.0 Å². The Balaban J connectivity index is 2.01. The zero-order chi connectivity index (χ0) is 15.6. The van der Waals surface area contributed by atoms with Gasteiger partial charge in [-0.05, 0) is 25.7 Å². The molecule has 0 spiro atoms. The molecule has 6 nitrogen and oxygen atoms in total. The van der Waals surface area contributed by atoms with E-state index in [1.165, 1.54) is 6.26 Å². The Kier molecular flexibility index (Phi) is 4.83. The second-order valence-electron chi connectivity index (χ2n) is 5.99. The van der Waals surface area contributed by atoms with Crippen molar-refractivity contribution in [3.63, 3.8) is 0 Å². The smallest absolute Gasteiger partial charge is 0.211 e. The molecule has 1 aliphatic heterocycles. The van der Waals surface area contributed by atoms with Gasteiger partial charge in [0.1, 0.15) is 11.6 Å². The molecule has 118 valence electrons. The number of sulfonamides is 1. The summed E-state index contributed by atoms with van der Waals surface area (Å²) in [7, 11) is 0.885. The summed E-state index contributed by atoms with van der Waals surface area (Å²) in [5, 5.41) is 0. The predicted molar refractivity (Wildman–Crippen MR) is 83.9 cm³/mol. The molecule has 0 aromatic carbocycles. The third-order valence-electron chi connectivity index (χ3n) is 3.86. The maximum atomic E-state index is 11.5. The highest BCUT2D eigenvalue weighted by atomic mass is 32.2. The number of rotatable bonds is 4. The minimum Gasteiger partial charge on any atom is -0.363 e. The molecule has 0 bridgehead atoms. The third kappa shape index (κ3) is 4.38. The van der Waals surface area contributed by atoms with Gasteiger partial charge in [0, 0.05) is 45.4 Å². The van der Waals surface area contributed by atoms with Gasteiger partial charge < -0.3 is 4.90 Å². The largest absolute Gasteiger partial charge is 0.363 e. The van der Waals surface area contributed by atoms with Crippen molar-refractivity contribution in [2.75, 3.05) is 38.3 Å². The topological polar surface area (TPSA) is 66.4 Å². The van der Waals surface area contributed by atoms with Crippen LogP contribution in [0.15, 0.2) is 6.07 Å². The molecular weight excluding hydrogens is 288 g/mol. The molecule has 2 rings (SSSR count). The summed E-state index contributed by atoms with van der Waals surface area (Å²) < 4.78 is 24.6. The van der Waals surface area contributed by atoms with Crippen LogP contribution < -0.4 is 4.90 Å². The lowest BCUT2D eigenvalue weighted by Gasteiger charge is -2.30. The summed E-state index contributed by atoms with van der Waals surface area (Å²) in [5.41, 5.74) is 0.970. The summed E-state index contributed by atoms with van der Waals surface area (Å²) in [5.74, 6) is 2.24. The van der Waals surface area contributed by atoms with Crippen LogP contribution >= 0.6 is 0 Å². The fourth-order valence-electron chi connectivity index (χ4n) is 2.64. The highest BCUT2D eigenvalue weighted by molar-refractivity contribution is 7.88. The lowest BCUT2D eigenvalue weighted by atomic mass is 9.94. The summed E-state index contributed by atoms with van der Waals surface area (Å²) >= 11 is 0. The zero-order valence-electron chi connectivity index (χ0n) is 13.2. The molecule has 0 N–H and O–H groups in total. The number of hydrogen-bond acceptors (Lipinski definition) is 5. The number of piperidine rings is 1. The predicted octanol–water partition coefficient (Wildman–Crippen LogP) is 1.07. The van der Waals surface area contributed by atoms with Gasteiger partial charge >= 0.3 is 0 Å². The van der Waals surface area contributed by atoms with Crippen LogP contribution in [-0.4, -0.2) is 56.1 Å². The van der Waals surface area contributed by atoms with Crippen molar-refractivity contribution < 1.29 is 8.42 Å². The number of nitrogens with zero attached hydrogens (tertiary/aromatic N) is 4. The molecule has 1 aromatic rings. The van der Waals surface area contributed by atoms with E-state index in [4.69, 9.17) is 0 Å². The monoisotopic (exact) mass is 312 g/mol. The van der Waals surface area contributed by atoms with Gasteiger partial charge in [-0.3, -0.25) is 0 Å². The van der Waals surface area contributed by atoms with E-state index in [1.807, 2.05) is 32.0 Å². The standard InChI is InChI=1S/C14H24N4O2S/c1-11-9-14(17(2)3)16-13(15-11)10-12-5-7-18(8-6-12)21(4,19)20/h9,12H,5-8,10H2,1-4H3. The molecule has 1 aliphatic rings. The summed E-state index contributed by atoms with van der Waals surface area (Å²) in [4.78, 5) is 11.1. The molecule has 2 heterocycles. The van der Waals surface area contributed by atoms with E-state index in [2.05, 4.69) is 9.97 Å². The van der Waals surface area contributed by atoms with Gasteiger partial charge in [0.15, 0.2) is 0 Å². The molecule has 0 unspecified atom stereocenters. The van der Waals surface area contributed by atoms with Crippen LogP contribution in [0.25, 0.3) is 0 Å². The van der Waals surface area contributed by atoms with E-state index >= 15 is 0 Å². The normalized spacial score (nSPS) is 17.9. The summed E-state index contributed by atoms with van der Waals surface area (Å²) in [6, 6.07) is 1.97. The molecule has 7 heteroatoms. The molecule has 0 amide bonds. The number of anilines is 1. The van der Waals surface area contributed by atoms with Crippen molar-refractivity contribution in [1.82, 2.24) is 14.3 Å². The van der Waals surface area contributed by atoms with Crippen LogP contribution in [0.1, 0.15) is 24.4 Å². The Morgan fingerprint density at radius 1 is 1.29 bits per heavy atom. The van der Waals surface area contributed by atoms with Crippen LogP contribution in [0.3, 0.4) is 0 Å². The molecule has 0 atom stereocenters. The molecule has 0 aliphatic carbocycles. The van der Waals surface area contributed by atoms with E-state index in [-0.39, 0.29) is 0 Å². The van der Waals surface area contributed by atoms with Crippen molar-refractivity contribution >= 4 is 15.8 Å². The van der Waals surface area contributed by atoms with Crippen LogP contribution in [0.4, 0.5) is 5.82 Å². The van der Waals surface area contributed by atoms with Gasteiger partial charge in [0.05, 0.1) is 6.26 Å². The molecular formula is C14H24N4O2S. The van der Waals surface area contributed by atoms with E-state index < -0.39 is 10.0 Å². The minimum absolute atomic E-state index is 0.458. The van der Waals surface area contributed by atoms with Gasteiger partial charge in [-0.2, -0.15) is 0 Å². The molecule has 1 aromatic heterocycles. The van der Waals surface area contributed by atoms with Crippen LogP contribution in [0.2, 0.25) is 0 Å². The molecule has 1 saturated heterocycles. The van der Waals surface area contributed by atoms with Crippen molar-refractivity contribution in [1.29, 1.82) is 0 Å². The molecule has 0 saturated carbocycles. The number of aryl methyl sites for hydroxylation is 1. The second-order valence-corrected chi connectivity index (χ2v) is 7.97. The van der Waals surface area contributed by atoms with Gasteiger partial charge in [0.2, 0.25) is 10.0 Å². The first kappa shape index (κ1) is 16.2. The lowest BCUT2D eigenvalue weighted by Crippen LogP contribution is -2.38. The van der Waals surface area contributed by atoms with Crippen molar-refractivity contribution in [2.24, 2.45) is 5.92 Å². The Morgan fingerprint density at radius 2 is 1.90 bits per heavy atom. The molecule has 21 heavy (non-hydrogen) atoms. The highest BCUT2D eigenvalue weighted by Crippen LogP contribution is 2.22. The Hall–Kier alpha value is -1.21. The summed E-state index contributed by atoms with van der Waals surface area (Å²) in [6.45, 7) is 3.19. The molecule has 1 fully saturated rings. The average molecular weight is 312 g/mol. The number of hydrogen-bond donors (Lipinski definition) is 0. The average Bonchev–Trinajstić information content (AvgIpc) is 2.37. The maximum absolute atomic E-state index is 11.5. The van der Waals surface area contributed by atoms with Gasteiger partial charge in [-0.25, -0.2) is 22.7 Å². The van der Waals surface area contributed by atoms with Gasteiger partial charge in [0.25, 0.3) is 0 Å². The first-order chi connectivity index (χ1) is 9.75. The van der Waals surface area contributed by atoms with Crippen LogP contribution in [-0.2, 0) is 16.4 Å². The summed E-state index contributed by atoms with van der Waals surface area (Å²) in [6.07, 6.45) is 3.85. The van der Waals surface area contributed by atoms with Crippen molar-refractivity contribution in [3.05, 3.63) is 17.6 Å². The Labute approximate surface area is 127 Å². The fraction of sp³-hybridized carbons (Fsp3) is 0.714. The Bertz CT molecular complexity index is 593. The molecule has 0 radical (unpaired) electrons. The van der Waals surface area contributed by atoms with Crippen LogP contribution in [0, 0.1) is 12.8 Å². The quantitative estimate of drug-likeness (QED) is 0.832. The van der Waals surface area contributed by atoms with Crippen molar-refractivity contribution in [3.8, 4) is 0 Å². The highest BCUT2D eigenvalue weighted by Gasteiger charge is 2.25. The van der Waals surface area contributed by atoms with E-state index in [1.54, 1.807) is 4.31 Å². The van der Waals surface area contributed by atoms with E-state index in [0.717, 1.165) is 36.6 Å². The zero-order valence-corrected chi connectivity index (χ0v) is 14.0. The lowest BCUT2D eigenvalue weighted by molar-refractivity contribution is 0.271. The minimum atomic E-state index is -3.05. The van der Waals surface area contributed by atoms with Crippen LogP contribution in [0.5, 0.6) is 0 Å². The van der Waals surface area contributed by atoms with Gasteiger partial charge in [-0.15, -0.1) is 0 Å².